The topological polar surface area (TPSA) is 36.4 Å². The standard InChI is InChI=1S/C14H21FN2OS/c1-14(2)10-17(7-8-19-14)6-5-13(18)12-4-3-11(15)9-16-12/h3-4,9,13,18H,5-8,10H2,1-2H3. The molecule has 0 aliphatic carbocycles. The lowest BCUT2D eigenvalue weighted by atomic mass is 10.1. The Kier molecular flexibility index (Phi) is 4.81. The fourth-order valence-electron chi connectivity index (χ4n) is 2.34. The zero-order valence-corrected chi connectivity index (χ0v) is 12.3. The van der Waals surface area contributed by atoms with Gasteiger partial charge in [-0.3, -0.25) is 4.98 Å². The number of halogens is 1. The van der Waals surface area contributed by atoms with Gasteiger partial charge in [-0.05, 0) is 32.4 Å². The summed E-state index contributed by atoms with van der Waals surface area (Å²) in [5, 5.41) is 10.1. The largest absolute Gasteiger partial charge is 0.387 e. The van der Waals surface area contributed by atoms with E-state index in [2.05, 4.69) is 23.7 Å². The molecule has 106 valence electrons. The van der Waals surface area contributed by atoms with Crippen LogP contribution in [0.15, 0.2) is 18.3 Å². The van der Waals surface area contributed by atoms with Crippen molar-refractivity contribution in [1.82, 2.24) is 9.88 Å². The molecule has 1 aromatic heterocycles. The molecule has 1 N–H and O–H groups in total. The van der Waals surface area contributed by atoms with Gasteiger partial charge in [-0.15, -0.1) is 0 Å². The summed E-state index contributed by atoms with van der Waals surface area (Å²) >= 11 is 2.00. The number of hydrogen-bond donors (Lipinski definition) is 1. The summed E-state index contributed by atoms with van der Waals surface area (Å²) in [5.41, 5.74) is 0.548. The van der Waals surface area contributed by atoms with Gasteiger partial charge in [0.1, 0.15) is 5.82 Å². The Labute approximate surface area is 118 Å². The van der Waals surface area contributed by atoms with Gasteiger partial charge >= 0.3 is 0 Å². The van der Waals surface area contributed by atoms with Crippen molar-refractivity contribution in [3.05, 3.63) is 29.8 Å². The Morgan fingerprint density at radius 3 is 2.95 bits per heavy atom. The van der Waals surface area contributed by atoms with Gasteiger partial charge < -0.3 is 10.0 Å². The van der Waals surface area contributed by atoms with E-state index in [1.807, 2.05) is 11.8 Å². The van der Waals surface area contributed by atoms with Crippen molar-refractivity contribution in [2.24, 2.45) is 0 Å². The quantitative estimate of drug-likeness (QED) is 0.921. The van der Waals surface area contributed by atoms with E-state index in [1.165, 1.54) is 6.07 Å². The van der Waals surface area contributed by atoms with Gasteiger partial charge in [-0.1, -0.05) is 0 Å². The van der Waals surface area contributed by atoms with Gasteiger partial charge in [0.05, 0.1) is 18.0 Å². The molecule has 0 radical (unpaired) electrons. The first kappa shape index (κ1) is 14.8. The van der Waals surface area contributed by atoms with Gasteiger partial charge in [0, 0.05) is 30.1 Å². The summed E-state index contributed by atoms with van der Waals surface area (Å²) in [6.07, 6.45) is 1.18. The first-order valence-corrected chi connectivity index (χ1v) is 7.61. The molecule has 5 heteroatoms. The number of nitrogens with zero attached hydrogens (tertiary/aromatic N) is 2. The molecule has 1 unspecified atom stereocenters. The van der Waals surface area contributed by atoms with Crippen LogP contribution >= 0.6 is 11.8 Å². The second-order valence-corrected chi connectivity index (χ2v) is 7.39. The minimum absolute atomic E-state index is 0.289. The fraction of sp³-hybridized carbons (Fsp3) is 0.643. The number of hydrogen-bond acceptors (Lipinski definition) is 4. The summed E-state index contributed by atoms with van der Waals surface area (Å²) in [7, 11) is 0. The van der Waals surface area contributed by atoms with Gasteiger partial charge in [-0.25, -0.2) is 4.39 Å². The van der Waals surface area contributed by atoms with Crippen molar-refractivity contribution in [3.63, 3.8) is 0 Å². The first-order valence-electron chi connectivity index (χ1n) is 6.62. The van der Waals surface area contributed by atoms with Crippen LogP contribution in [-0.4, -0.2) is 45.1 Å². The highest BCUT2D eigenvalue weighted by Gasteiger charge is 2.27. The molecule has 1 aliphatic heterocycles. The fourth-order valence-corrected chi connectivity index (χ4v) is 3.52. The van der Waals surface area contributed by atoms with E-state index in [0.717, 1.165) is 31.6 Å². The van der Waals surface area contributed by atoms with Crippen molar-refractivity contribution in [2.45, 2.75) is 31.1 Å². The Morgan fingerprint density at radius 1 is 1.53 bits per heavy atom. The van der Waals surface area contributed by atoms with Gasteiger partial charge in [-0.2, -0.15) is 11.8 Å². The molecule has 1 saturated heterocycles. The lowest BCUT2D eigenvalue weighted by molar-refractivity contribution is 0.136. The highest BCUT2D eigenvalue weighted by molar-refractivity contribution is 8.00. The highest BCUT2D eigenvalue weighted by atomic mass is 32.2. The maximum atomic E-state index is 12.8. The maximum absolute atomic E-state index is 12.8. The predicted molar refractivity (Wildman–Crippen MR) is 76.7 cm³/mol. The van der Waals surface area contributed by atoms with Crippen LogP contribution in [0.3, 0.4) is 0 Å². The molecular weight excluding hydrogens is 263 g/mol. The lowest BCUT2D eigenvalue weighted by Gasteiger charge is -2.37. The molecule has 0 spiro atoms. The van der Waals surface area contributed by atoms with Crippen molar-refractivity contribution in [2.75, 3.05) is 25.4 Å². The smallest absolute Gasteiger partial charge is 0.141 e. The third-order valence-electron chi connectivity index (χ3n) is 3.32. The molecule has 1 aliphatic rings. The van der Waals surface area contributed by atoms with E-state index >= 15 is 0 Å². The Bertz CT molecular complexity index is 410. The number of rotatable bonds is 4. The molecule has 1 aromatic rings. The Morgan fingerprint density at radius 2 is 2.32 bits per heavy atom. The van der Waals surface area contributed by atoms with Crippen LogP contribution in [0, 0.1) is 5.82 Å². The van der Waals surface area contributed by atoms with E-state index in [4.69, 9.17) is 0 Å². The summed E-state index contributed by atoms with van der Waals surface area (Å²) in [4.78, 5) is 6.30. The summed E-state index contributed by atoms with van der Waals surface area (Å²) in [6.45, 7) is 7.46. The van der Waals surface area contributed by atoms with Crippen molar-refractivity contribution in [1.29, 1.82) is 0 Å². The van der Waals surface area contributed by atoms with Crippen LogP contribution in [0.25, 0.3) is 0 Å². The lowest BCUT2D eigenvalue weighted by Crippen LogP contribution is -2.43. The van der Waals surface area contributed by atoms with Gasteiger partial charge in [0.15, 0.2) is 0 Å². The third kappa shape index (κ3) is 4.44. The molecule has 2 heterocycles. The Hall–Kier alpha value is -0.650. The van der Waals surface area contributed by atoms with Crippen LogP contribution in [-0.2, 0) is 0 Å². The number of aliphatic hydroxyl groups is 1. The average Bonchev–Trinajstić information content (AvgIpc) is 2.36. The van der Waals surface area contributed by atoms with E-state index in [9.17, 15) is 9.50 Å². The minimum Gasteiger partial charge on any atom is -0.387 e. The van der Waals surface area contributed by atoms with Crippen LogP contribution < -0.4 is 0 Å². The van der Waals surface area contributed by atoms with Crippen LogP contribution in [0.1, 0.15) is 32.1 Å². The molecule has 0 bridgehead atoms. The van der Waals surface area contributed by atoms with Crippen LogP contribution in [0.2, 0.25) is 0 Å². The van der Waals surface area contributed by atoms with E-state index in [0.29, 0.717) is 12.1 Å². The van der Waals surface area contributed by atoms with E-state index < -0.39 is 6.10 Å². The number of aliphatic hydroxyl groups excluding tert-OH is 1. The molecule has 0 aromatic carbocycles. The molecule has 0 saturated carbocycles. The van der Waals surface area contributed by atoms with Gasteiger partial charge in [0.25, 0.3) is 0 Å². The zero-order chi connectivity index (χ0) is 13.9. The zero-order valence-electron chi connectivity index (χ0n) is 11.5. The molecule has 2 rings (SSSR count). The number of thioether (sulfide) groups is 1. The SMILES string of the molecule is CC1(C)CN(CCC(O)c2ccc(F)cn2)CCS1. The monoisotopic (exact) mass is 284 g/mol. The van der Waals surface area contributed by atoms with Crippen LogP contribution in [0.5, 0.6) is 0 Å². The molecule has 19 heavy (non-hydrogen) atoms. The van der Waals surface area contributed by atoms with E-state index in [1.54, 1.807) is 6.07 Å². The maximum Gasteiger partial charge on any atom is 0.141 e. The summed E-state index contributed by atoms with van der Waals surface area (Å²) < 4.78 is 13.0. The molecule has 1 atom stereocenters. The van der Waals surface area contributed by atoms with Crippen molar-refractivity contribution >= 4 is 11.8 Å². The first-order chi connectivity index (χ1) is 8.96. The molecule has 0 amide bonds. The highest BCUT2D eigenvalue weighted by Crippen LogP contribution is 2.29. The average molecular weight is 284 g/mol. The number of pyridine rings is 1. The number of aromatic nitrogens is 1. The third-order valence-corrected chi connectivity index (χ3v) is 4.61. The predicted octanol–water partition coefficient (Wildman–Crippen LogP) is 2.47. The van der Waals surface area contributed by atoms with Gasteiger partial charge in [0.2, 0.25) is 0 Å². The minimum atomic E-state index is -0.613. The molecule has 1 fully saturated rings. The van der Waals surface area contributed by atoms with Crippen molar-refractivity contribution in [3.8, 4) is 0 Å². The second-order valence-electron chi connectivity index (χ2n) is 5.59. The normalized spacial score (nSPS) is 21.3. The van der Waals surface area contributed by atoms with Crippen LogP contribution in [0.4, 0.5) is 4.39 Å². The summed E-state index contributed by atoms with van der Waals surface area (Å²) in [6, 6.07) is 2.89. The second kappa shape index (κ2) is 6.20. The van der Waals surface area contributed by atoms with Crippen molar-refractivity contribution < 1.29 is 9.50 Å². The summed E-state index contributed by atoms with van der Waals surface area (Å²) in [5.74, 6) is 0.767. The Balaban J connectivity index is 1.83. The molecular formula is C14H21FN2OS. The van der Waals surface area contributed by atoms with E-state index in [-0.39, 0.29) is 10.6 Å². The molecule has 3 nitrogen and oxygen atoms in total.